The van der Waals surface area contributed by atoms with E-state index in [0.717, 1.165) is 5.56 Å². The number of benzene rings is 1. The van der Waals surface area contributed by atoms with E-state index in [1.54, 1.807) is 30.3 Å². The molecule has 0 saturated carbocycles. The van der Waals surface area contributed by atoms with Gasteiger partial charge < -0.3 is 10.4 Å². The van der Waals surface area contributed by atoms with Crippen LogP contribution in [0.1, 0.15) is 5.56 Å². The van der Waals surface area contributed by atoms with Crippen LogP contribution in [-0.4, -0.2) is 29.7 Å². The summed E-state index contributed by atoms with van der Waals surface area (Å²) < 4.78 is 11.9. The van der Waals surface area contributed by atoms with Crippen molar-refractivity contribution in [3.8, 4) is 0 Å². The lowest BCUT2D eigenvalue weighted by Gasteiger charge is -2.13. The topological polar surface area (TPSA) is 66.4 Å². The third-order valence-corrected chi connectivity index (χ3v) is 2.04. The zero-order chi connectivity index (χ0) is 12.0. The van der Waals surface area contributed by atoms with Gasteiger partial charge in [-0.2, -0.15) is 0 Å². The third kappa shape index (κ3) is 3.68. The number of nitrogens with one attached hydrogen (secondary N) is 1. The summed E-state index contributed by atoms with van der Waals surface area (Å²) in [5.41, 5.74) is 0.772. The van der Waals surface area contributed by atoms with Crippen molar-refractivity contribution < 1.29 is 19.1 Å². The van der Waals surface area contributed by atoms with Crippen LogP contribution in [0.25, 0.3) is 0 Å². The Morgan fingerprint density at radius 1 is 1.31 bits per heavy atom. The first-order chi connectivity index (χ1) is 7.63. The molecule has 5 heteroatoms. The van der Waals surface area contributed by atoms with Crippen LogP contribution in [0.3, 0.4) is 0 Å². The van der Waals surface area contributed by atoms with E-state index in [1.165, 1.54) is 0 Å². The van der Waals surface area contributed by atoms with Crippen LogP contribution in [-0.2, 0) is 16.0 Å². The molecule has 0 unspecified atom stereocenters. The van der Waals surface area contributed by atoms with E-state index in [9.17, 15) is 14.0 Å². The molecule has 86 valence electrons. The van der Waals surface area contributed by atoms with Crippen LogP contribution >= 0.6 is 0 Å². The monoisotopic (exact) mass is 225 g/mol. The van der Waals surface area contributed by atoms with Crippen LogP contribution in [0.15, 0.2) is 30.3 Å². The van der Waals surface area contributed by atoms with E-state index in [2.05, 4.69) is 5.32 Å². The Balaban J connectivity index is 2.65. The highest BCUT2D eigenvalue weighted by Gasteiger charge is 2.19. The molecule has 0 bridgehead atoms. The molecule has 0 aliphatic carbocycles. The molecule has 0 aromatic heterocycles. The fourth-order valence-corrected chi connectivity index (χ4v) is 1.28. The maximum absolute atomic E-state index is 11.9. The lowest BCUT2D eigenvalue weighted by molar-refractivity contribution is -0.141. The van der Waals surface area contributed by atoms with Crippen molar-refractivity contribution in [1.82, 2.24) is 5.32 Å². The molecule has 0 radical (unpaired) electrons. The number of rotatable bonds is 5. The van der Waals surface area contributed by atoms with Gasteiger partial charge in [0.05, 0.1) is 0 Å². The molecule has 1 aromatic rings. The summed E-state index contributed by atoms with van der Waals surface area (Å²) >= 11 is 0. The molecule has 0 aliphatic heterocycles. The van der Waals surface area contributed by atoms with Crippen molar-refractivity contribution in [2.75, 3.05) is 6.67 Å². The number of carbonyl (C=O) groups is 2. The molecule has 0 spiro atoms. The number of carboxylic acids is 1. The molecule has 0 saturated heterocycles. The average molecular weight is 225 g/mol. The summed E-state index contributed by atoms with van der Waals surface area (Å²) in [6, 6.07) is 7.75. The van der Waals surface area contributed by atoms with E-state index in [-0.39, 0.29) is 6.42 Å². The summed E-state index contributed by atoms with van der Waals surface area (Å²) in [5.74, 6) is -2.09. The molecular weight excluding hydrogens is 213 g/mol. The number of alkyl halides is 1. The van der Waals surface area contributed by atoms with Gasteiger partial charge >= 0.3 is 5.97 Å². The Kier molecular flexibility index (Phi) is 4.44. The quantitative estimate of drug-likeness (QED) is 0.777. The van der Waals surface area contributed by atoms with Gasteiger partial charge in [-0.05, 0) is 5.56 Å². The highest BCUT2D eigenvalue weighted by Crippen LogP contribution is 2.03. The van der Waals surface area contributed by atoms with Gasteiger partial charge in [-0.25, -0.2) is 9.18 Å². The molecule has 0 aliphatic rings. The molecular formula is C11H12FNO3. The Bertz CT molecular complexity index is 367. The van der Waals surface area contributed by atoms with Crippen LogP contribution in [0.2, 0.25) is 0 Å². The number of hydrogen-bond donors (Lipinski definition) is 2. The van der Waals surface area contributed by atoms with Crippen LogP contribution in [0.5, 0.6) is 0 Å². The van der Waals surface area contributed by atoms with Crippen molar-refractivity contribution in [3.05, 3.63) is 35.9 Å². The first kappa shape index (κ1) is 12.2. The number of carboxylic acid groups (broad SMARTS) is 1. The highest BCUT2D eigenvalue weighted by molar-refractivity contribution is 5.84. The van der Waals surface area contributed by atoms with Gasteiger partial charge in [0, 0.05) is 6.42 Å². The number of amides is 1. The Labute approximate surface area is 92.1 Å². The maximum atomic E-state index is 11.9. The first-order valence-corrected chi connectivity index (χ1v) is 4.75. The molecule has 4 nitrogen and oxygen atoms in total. The smallest absolute Gasteiger partial charge is 0.326 e. The maximum Gasteiger partial charge on any atom is 0.326 e. The van der Waals surface area contributed by atoms with Gasteiger partial charge in [0.15, 0.2) is 6.67 Å². The zero-order valence-corrected chi connectivity index (χ0v) is 8.52. The summed E-state index contributed by atoms with van der Waals surface area (Å²) in [4.78, 5) is 21.6. The molecule has 1 rings (SSSR count). The van der Waals surface area contributed by atoms with Gasteiger partial charge in [-0.3, -0.25) is 4.79 Å². The summed E-state index contributed by atoms with van der Waals surface area (Å²) in [6.07, 6.45) is 0.141. The molecule has 16 heavy (non-hydrogen) atoms. The normalized spacial score (nSPS) is 11.8. The fraction of sp³-hybridized carbons (Fsp3) is 0.273. The fourth-order valence-electron chi connectivity index (χ4n) is 1.28. The second kappa shape index (κ2) is 5.85. The van der Waals surface area contributed by atoms with Crippen molar-refractivity contribution in [3.63, 3.8) is 0 Å². The van der Waals surface area contributed by atoms with Gasteiger partial charge in [0.2, 0.25) is 0 Å². The Morgan fingerprint density at radius 3 is 2.44 bits per heavy atom. The number of hydrogen-bond acceptors (Lipinski definition) is 2. The largest absolute Gasteiger partial charge is 0.480 e. The summed E-state index contributed by atoms with van der Waals surface area (Å²) in [6.45, 7) is -1.21. The minimum absolute atomic E-state index is 0.141. The summed E-state index contributed by atoms with van der Waals surface area (Å²) in [5, 5.41) is 10.9. The summed E-state index contributed by atoms with van der Waals surface area (Å²) in [7, 11) is 0. The van der Waals surface area contributed by atoms with Crippen molar-refractivity contribution >= 4 is 11.9 Å². The van der Waals surface area contributed by atoms with Crippen LogP contribution in [0, 0.1) is 0 Å². The SMILES string of the molecule is O=C(CF)N[C@@H](Cc1ccccc1)C(=O)O. The zero-order valence-electron chi connectivity index (χ0n) is 8.52. The van der Waals surface area contributed by atoms with E-state index in [0.29, 0.717) is 0 Å². The van der Waals surface area contributed by atoms with Crippen molar-refractivity contribution in [2.24, 2.45) is 0 Å². The van der Waals surface area contributed by atoms with Gasteiger partial charge in [-0.1, -0.05) is 30.3 Å². The van der Waals surface area contributed by atoms with E-state index in [4.69, 9.17) is 5.11 Å². The predicted molar refractivity (Wildman–Crippen MR) is 55.7 cm³/mol. The number of halogens is 1. The predicted octanol–water partition coefficient (Wildman–Crippen LogP) is 0.768. The standard InChI is InChI=1S/C11H12FNO3/c12-7-10(14)13-9(11(15)16)6-8-4-2-1-3-5-8/h1-5,9H,6-7H2,(H,13,14)(H,15,16)/t9-/m0/s1. The van der Waals surface area contributed by atoms with Crippen molar-refractivity contribution in [2.45, 2.75) is 12.5 Å². The molecule has 0 heterocycles. The minimum Gasteiger partial charge on any atom is -0.480 e. The lowest BCUT2D eigenvalue weighted by atomic mass is 10.1. The average Bonchev–Trinajstić information content (AvgIpc) is 2.29. The first-order valence-electron chi connectivity index (χ1n) is 4.75. The second-order valence-electron chi connectivity index (χ2n) is 3.28. The third-order valence-electron chi connectivity index (χ3n) is 2.04. The number of carbonyl (C=O) groups excluding carboxylic acids is 1. The van der Waals surface area contributed by atoms with E-state index < -0.39 is 24.6 Å². The molecule has 1 atom stereocenters. The second-order valence-corrected chi connectivity index (χ2v) is 3.28. The van der Waals surface area contributed by atoms with E-state index >= 15 is 0 Å². The molecule has 2 N–H and O–H groups in total. The molecule has 1 aromatic carbocycles. The van der Waals surface area contributed by atoms with Gasteiger partial charge in [0.25, 0.3) is 5.91 Å². The van der Waals surface area contributed by atoms with Crippen LogP contribution < -0.4 is 5.32 Å². The minimum atomic E-state index is -1.21. The lowest BCUT2D eigenvalue weighted by Crippen LogP contribution is -2.43. The van der Waals surface area contributed by atoms with Crippen molar-refractivity contribution in [1.29, 1.82) is 0 Å². The Hall–Kier alpha value is -1.91. The van der Waals surface area contributed by atoms with E-state index in [1.807, 2.05) is 0 Å². The number of aliphatic carboxylic acids is 1. The highest BCUT2D eigenvalue weighted by atomic mass is 19.1. The Morgan fingerprint density at radius 2 is 1.94 bits per heavy atom. The molecule has 1 amide bonds. The van der Waals surface area contributed by atoms with Crippen LogP contribution in [0.4, 0.5) is 4.39 Å². The molecule has 0 fully saturated rings. The van der Waals surface area contributed by atoms with Gasteiger partial charge in [0.1, 0.15) is 6.04 Å². The van der Waals surface area contributed by atoms with Gasteiger partial charge in [-0.15, -0.1) is 0 Å².